The topological polar surface area (TPSA) is 64.4 Å². The second kappa shape index (κ2) is 5.86. The van der Waals surface area contributed by atoms with E-state index in [-0.39, 0.29) is 17.6 Å². The number of fused-ring (bicyclic) bond motifs is 1. The third-order valence-electron chi connectivity index (χ3n) is 5.22. The first-order valence-corrected chi connectivity index (χ1v) is 8.60. The minimum Gasteiger partial charge on any atom is -0.487 e. The number of nitrogens with one attached hydrogen (secondary N) is 1. The number of hydrogen-bond donors (Lipinski definition) is 2. The molecule has 2 aliphatic rings. The molecule has 1 unspecified atom stereocenters. The van der Waals surface area contributed by atoms with E-state index in [1.165, 1.54) is 12.8 Å². The predicted octanol–water partition coefficient (Wildman–Crippen LogP) is 3.84. The van der Waals surface area contributed by atoms with Crippen LogP contribution in [0.3, 0.4) is 0 Å². The molecule has 0 bridgehead atoms. The molecule has 4 rings (SSSR count). The van der Waals surface area contributed by atoms with Gasteiger partial charge in [0.1, 0.15) is 11.4 Å². The summed E-state index contributed by atoms with van der Waals surface area (Å²) in [4.78, 5) is 12.7. The first-order valence-electron chi connectivity index (χ1n) is 8.60. The van der Waals surface area contributed by atoms with Gasteiger partial charge in [0.15, 0.2) is 0 Å². The van der Waals surface area contributed by atoms with E-state index in [4.69, 9.17) is 10.5 Å². The zero-order valence-corrected chi connectivity index (χ0v) is 13.6. The summed E-state index contributed by atoms with van der Waals surface area (Å²) < 4.78 is 6.35. The minimum absolute atomic E-state index is 0.0415. The summed E-state index contributed by atoms with van der Waals surface area (Å²) in [5.41, 5.74) is 7.91. The fraction of sp³-hybridized carbons (Fsp3) is 0.350. The van der Waals surface area contributed by atoms with Gasteiger partial charge >= 0.3 is 0 Å². The van der Waals surface area contributed by atoms with Gasteiger partial charge in [-0.2, -0.15) is 0 Å². The molecule has 1 atom stereocenters. The Bertz CT molecular complexity index is 766. The van der Waals surface area contributed by atoms with Crippen molar-refractivity contribution in [3.05, 3.63) is 59.7 Å². The maximum absolute atomic E-state index is 12.7. The van der Waals surface area contributed by atoms with Crippen LogP contribution in [0.15, 0.2) is 48.5 Å². The monoisotopic (exact) mass is 322 g/mol. The van der Waals surface area contributed by atoms with Crippen molar-refractivity contribution in [3.63, 3.8) is 0 Å². The Morgan fingerprint density at radius 3 is 2.58 bits per heavy atom. The van der Waals surface area contributed by atoms with Crippen molar-refractivity contribution in [2.75, 3.05) is 5.73 Å². The standard InChI is InChI=1S/C20H22N2O2/c21-16-9-3-1-7-14(16)19(23)22-17-13-20(11-5-6-12-20)24-18-10-4-2-8-15(17)18/h1-4,7-10,17H,5-6,11-13,21H2,(H,22,23). The van der Waals surface area contributed by atoms with Crippen molar-refractivity contribution in [1.29, 1.82) is 0 Å². The second-order valence-electron chi connectivity index (χ2n) is 6.85. The molecule has 1 spiro atoms. The zero-order chi connectivity index (χ0) is 16.6. The molecule has 2 aromatic carbocycles. The van der Waals surface area contributed by atoms with Crippen LogP contribution in [0.5, 0.6) is 5.75 Å². The van der Waals surface area contributed by atoms with E-state index in [2.05, 4.69) is 5.32 Å². The highest BCUT2D eigenvalue weighted by Crippen LogP contribution is 2.47. The Hall–Kier alpha value is -2.49. The molecule has 24 heavy (non-hydrogen) atoms. The van der Waals surface area contributed by atoms with Crippen LogP contribution in [-0.2, 0) is 0 Å². The maximum atomic E-state index is 12.7. The van der Waals surface area contributed by atoms with Crippen LogP contribution >= 0.6 is 0 Å². The normalized spacial score (nSPS) is 21.1. The molecular weight excluding hydrogens is 300 g/mol. The van der Waals surface area contributed by atoms with Crippen molar-refractivity contribution >= 4 is 11.6 Å². The Labute approximate surface area is 142 Å². The van der Waals surface area contributed by atoms with Crippen LogP contribution in [0, 0.1) is 0 Å². The first-order chi connectivity index (χ1) is 11.7. The smallest absolute Gasteiger partial charge is 0.253 e. The van der Waals surface area contributed by atoms with Gasteiger partial charge in [0.2, 0.25) is 0 Å². The van der Waals surface area contributed by atoms with Gasteiger partial charge in [-0.1, -0.05) is 30.3 Å². The molecule has 1 heterocycles. The van der Waals surface area contributed by atoms with Crippen molar-refractivity contribution in [2.24, 2.45) is 0 Å². The first kappa shape index (κ1) is 15.1. The molecule has 2 aromatic rings. The number of nitrogens with two attached hydrogens (primary N) is 1. The number of benzene rings is 2. The molecule has 4 heteroatoms. The molecule has 0 aromatic heterocycles. The van der Waals surface area contributed by atoms with Gasteiger partial charge < -0.3 is 15.8 Å². The van der Waals surface area contributed by atoms with Gasteiger partial charge in [-0.25, -0.2) is 0 Å². The van der Waals surface area contributed by atoms with Crippen LogP contribution in [0.1, 0.15) is 54.1 Å². The Balaban J connectivity index is 1.64. The quantitative estimate of drug-likeness (QED) is 0.826. The van der Waals surface area contributed by atoms with E-state index in [0.717, 1.165) is 30.6 Å². The summed E-state index contributed by atoms with van der Waals surface area (Å²) in [6.45, 7) is 0. The average Bonchev–Trinajstić information content (AvgIpc) is 3.02. The fourth-order valence-electron chi connectivity index (χ4n) is 4.01. The van der Waals surface area contributed by atoms with E-state index in [1.54, 1.807) is 12.1 Å². The molecule has 1 saturated carbocycles. The Morgan fingerprint density at radius 1 is 1.08 bits per heavy atom. The molecule has 1 aliphatic heterocycles. The van der Waals surface area contributed by atoms with E-state index >= 15 is 0 Å². The van der Waals surface area contributed by atoms with Crippen molar-refractivity contribution in [1.82, 2.24) is 5.32 Å². The summed E-state index contributed by atoms with van der Waals surface area (Å²) in [5.74, 6) is 0.778. The lowest BCUT2D eigenvalue weighted by Gasteiger charge is -2.40. The highest BCUT2D eigenvalue weighted by molar-refractivity contribution is 5.99. The molecule has 1 aliphatic carbocycles. The number of hydrogen-bond acceptors (Lipinski definition) is 3. The molecular formula is C20H22N2O2. The van der Waals surface area contributed by atoms with Gasteiger partial charge in [0, 0.05) is 17.7 Å². The molecule has 1 amide bonds. The summed E-state index contributed by atoms with van der Waals surface area (Å²) >= 11 is 0. The number of para-hydroxylation sites is 2. The average molecular weight is 322 g/mol. The van der Waals surface area contributed by atoms with Gasteiger partial charge in [-0.3, -0.25) is 4.79 Å². The van der Waals surface area contributed by atoms with Crippen molar-refractivity contribution in [3.8, 4) is 5.75 Å². The third kappa shape index (κ3) is 2.62. The highest BCUT2D eigenvalue weighted by Gasteiger charge is 2.43. The Kier molecular flexibility index (Phi) is 3.68. The van der Waals surface area contributed by atoms with E-state index in [0.29, 0.717) is 11.3 Å². The van der Waals surface area contributed by atoms with Crippen LogP contribution in [-0.4, -0.2) is 11.5 Å². The largest absolute Gasteiger partial charge is 0.487 e. The number of carbonyl (C=O) groups excluding carboxylic acids is 1. The van der Waals surface area contributed by atoms with Crippen LogP contribution in [0.25, 0.3) is 0 Å². The maximum Gasteiger partial charge on any atom is 0.253 e. The number of carbonyl (C=O) groups is 1. The van der Waals surface area contributed by atoms with Crippen LogP contribution < -0.4 is 15.8 Å². The second-order valence-corrected chi connectivity index (χ2v) is 6.85. The summed E-state index contributed by atoms with van der Waals surface area (Å²) in [6.07, 6.45) is 5.31. The van der Waals surface area contributed by atoms with Gasteiger partial charge in [-0.15, -0.1) is 0 Å². The minimum atomic E-state index is -0.130. The lowest BCUT2D eigenvalue weighted by molar-refractivity contribution is 0.0360. The molecule has 124 valence electrons. The molecule has 4 nitrogen and oxygen atoms in total. The highest BCUT2D eigenvalue weighted by atomic mass is 16.5. The van der Waals surface area contributed by atoms with Gasteiger partial charge in [0.25, 0.3) is 5.91 Å². The number of rotatable bonds is 2. The van der Waals surface area contributed by atoms with E-state index < -0.39 is 0 Å². The molecule has 1 fully saturated rings. The summed E-state index contributed by atoms with van der Waals surface area (Å²) in [6, 6.07) is 15.2. The fourth-order valence-corrected chi connectivity index (χ4v) is 4.01. The van der Waals surface area contributed by atoms with Gasteiger partial charge in [-0.05, 0) is 43.9 Å². The van der Waals surface area contributed by atoms with E-state index in [9.17, 15) is 4.79 Å². The molecule has 0 saturated heterocycles. The zero-order valence-electron chi connectivity index (χ0n) is 13.6. The van der Waals surface area contributed by atoms with Crippen LogP contribution in [0.2, 0.25) is 0 Å². The molecule has 0 radical (unpaired) electrons. The number of nitrogen functional groups attached to an aromatic ring is 1. The van der Waals surface area contributed by atoms with E-state index in [1.807, 2.05) is 36.4 Å². The third-order valence-corrected chi connectivity index (χ3v) is 5.22. The van der Waals surface area contributed by atoms with Crippen LogP contribution in [0.4, 0.5) is 5.69 Å². The van der Waals surface area contributed by atoms with Crippen molar-refractivity contribution in [2.45, 2.75) is 43.7 Å². The number of amides is 1. The lowest BCUT2D eigenvalue weighted by atomic mass is 9.85. The van der Waals surface area contributed by atoms with Gasteiger partial charge in [0.05, 0.1) is 11.6 Å². The Morgan fingerprint density at radius 2 is 1.79 bits per heavy atom. The van der Waals surface area contributed by atoms with Crippen molar-refractivity contribution < 1.29 is 9.53 Å². The number of anilines is 1. The number of ether oxygens (including phenoxy) is 1. The lowest BCUT2D eigenvalue weighted by Crippen LogP contribution is -2.43. The summed E-state index contributed by atoms with van der Waals surface area (Å²) in [5, 5.41) is 3.18. The molecule has 3 N–H and O–H groups in total. The SMILES string of the molecule is Nc1ccccc1C(=O)NC1CC2(CCCC2)Oc2ccccc21. The predicted molar refractivity (Wildman–Crippen MR) is 93.9 cm³/mol. The summed E-state index contributed by atoms with van der Waals surface area (Å²) in [7, 11) is 0.